The molecule has 0 N–H and O–H groups in total. The molecular weight excluding hydrogens is 422 g/mol. The second-order valence-corrected chi connectivity index (χ2v) is 6.64. The molecule has 3 nitrogen and oxygen atoms in total. The molecule has 126 valence electrons. The van der Waals surface area contributed by atoms with Crippen LogP contribution in [0.3, 0.4) is 0 Å². The summed E-state index contributed by atoms with van der Waals surface area (Å²) in [6.07, 6.45) is -2.82. The van der Waals surface area contributed by atoms with Gasteiger partial charge in [0.25, 0.3) is 0 Å². The zero-order chi connectivity index (χ0) is 17.2. The molecule has 23 heavy (non-hydrogen) atoms. The Balaban J connectivity index is 2.27. The minimum absolute atomic E-state index is 0.0528. The molecule has 1 amide bonds. The predicted molar refractivity (Wildman–Crippen MR) is 89.6 cm³/mol. The van der Waals surface area contributed by atoms with Gasteiger partial charge in [-0.2, -0.15) is 13.2 Å². The highest BCUT2D eigenvalue weighted by molar-refractivity contribution is 14.1. The molecule has 0 fully saturated rings. The Kier molecular flexibility index (Phi) is 5.59. The molecule has 1 aromatic rings. The molecule has 2 rings (SSSR count). The van der Waals surface area contributed by atoms with E-state index in [1.807, 2.05) is 19.1 Å². The highest BCUT2D eigenvalue weighted by Crippen LogP contribution is 2.33. The first-order chi connectivity index (χ1) is 10.7. The van der Waals surface area contributed by atoms with Crippen molar-refractivity contribution in [3.63, 3.8) is 0 Å². The Bertz CT molecular complexity index is 616. The van der Waals surface area contributed by atoms with E-state index in [9.17, 15) is 18.0 Å². The van der Waals surface area contributed by atoms with E-state index in [0.29, 0.717) is 18.8 Å². The number of benzene rings is 1. The molecule has 1 atom stereocenters. The van der Waals surface area contributed by atoms with E-state index < -0.39 is 12.1 Å². The van der Waals surface area contributed by atoms with Crippen LogP contribution in [0.25, 0.3) is 0 Å². The molecule has 0 radical (unpaired) electrons. The average molecular weight is 439 g/mol. The molecule has 0 spiro atoms. The van der Waals surface area contributed by atoms with Crippen LogP contribution in [-0.2, 0) is 11.2 Å². The molecule has 0 aliphatic carbocycles. The summed E-state index contributed by atoms with van der Waals surface area (Å²) >= 11 is 2.14. The van der Waals surface area contributed by atoms with Gasteiger partial charge in [0, 0.05) is 13.1 Å². The largest absolute Gasteiger partial charge is 0.488 e. The lowest BCUT2D eigenvalue weighted by atomic mass is 9.95. The number of halogens is 4. The minimum Gasteiger partial charge on any atom is -0.488 e. The normalized spacial score (nSPS) is 18.1. The summed E-state index contributed by atoms with van der Waals surface area (Å²) < 4.78 is 44.5. The Labute approximate surface area is 146 Å². The zero-order valence-electron chi connectivity index (χ0n) is 12.6. The average Bonchev–Trinajstić information content (AvgIpc) is 2.63. The van der Waals surface area contributed by atoms with Crippen LogP contribution >= 0.6 is 22.6 Å². The van der Waals surface area contributed by atoms with Crippen LogP contribution in [0.5, 0.6) is 5.75 Å². The molecule has 1 aromatic carbocycles. The van der Waals surface area contributed by atoms with Gasteiger partial charge in [-0.1, -0.05) is 19.6 Å². The van der Waals surface area contributed by atoms with Gasteiger partial charge >= 0.3 is 12.1 Å². The lowest BCUT2D eigenvalue weighted by Crippen LogP contribution is -2.42. The van der Waals surface area contributed by atoms with Gasteiger partial charge in [0.1, 0.15) is 12.4 Å². The summed E-state index contributed by atoms with van der Waals surface area (Å²) in [6, 6.07) is 3.79. The van der Waals surface area contributed by atoms with Gasteiger partial charge in [0.15, 0.2) is 0 Å². The highest BCUT2D eigenvalue weighted by Gasteiger charge is 2.43. The van der Waals surface area contributed by atoms with Crippen LogP contribution in [0.1, 0.15) is 24.0 Å². The highest BCUT2D eigenvalue weighted by atomic mass is 127. The number of ether oxygens (including phenoxy) is 1. The first kappa shape index (κ1) is 18.1. The van der Waals surface area contributed by atoms with E-state index >= 15 is 0 Å². The summed E-state index contributed by atoms with van der Waals surface area (Å²) in [5.74, 6) is -1.25. The number of rotatable bonds is 3. The predicted octanol–water partition coefficient (Wildman–Crippen LogP) is 3.91. The van der Waals surface area contributed by atoms with E-state index in [4.69, 9.17) is 4.74 Å². The second kappa shape index (κ2) is 7.11. The molecular formula is C16H17F3INO2. The van der Waals surface area contributed by atoms with E-state index in [1.165, 1.54) is 0 Å². The molecule has 1 aliphatic heterocycles. The number of hydrogen-bond acceptors (Lipinski definition) is 2. The van der Waals surface area contributed by atoms with Crippen LogP contribution in [-0.4, -0.2) is 36.7 Å². The maximum Gasteiger partial charge on any atom is 0.471 e. The standard InChI is InChI=1S/C16H17F3INO2/c1-3-6-23-14-7-11-4-5-21(15(22)16(17,18)19)9-10(2)12(11)8-13(14)20/h3,7-8,10H,1,4-6,9H2,2H3. The smallest absolute Gasteiger partial charge is 0.471 e. The van der Waals surface area contributed by atoms with Crippen molar-refractivity contribution in [1.29, 1.82) is 0 Å². The molecule has 1 aliphatic rings. The van der Waals surface area contributed by atoms with Crippen molar-refractivity contribution in [3.05, 3.63) is 39.5 Å². The third kappa shape index (κ3) is 4.19. The van der Waals surface area contributed by atoms with Crippen molar-refractivity contribution in [2.45, 2.75) is 25.4 Å². The van der Waals surface area contributed by atoms with E-state index in [2.05, 4.69) is 29.2 Å². The number of hydrogen-bond donors (Lipinski definition) is 0. The lowest BCUT2D eigenvalue weighted by Gasteiger charge is -2.24. The van der Waals surface area contributed by atoms with Gasteiger partial charge in [-0.3, -0.25) is 4.79 Å². The monoisotopic (exact) mass is 439 g/mol. The molecule has 1 unspecified atom stereocenters. The third-order valence-corrected chi connectivity index (χ3v) is 4.60. The number of amides is 1. The van der Waals surface area contributed by atoms with E-state index in [1.54, 1.807) is 6.08 Å². The quantitative estimate of drug-likeness (QED) is 0.528. The maximum absolute atomic E-state index is 12.7. The van der Waals surface area contributed by atoms with Crippen molar-refractivity contribution in [2.24, 2.45) is 0 Å². The summed E-state index contributed by atoms with van der Waals surface area (Å²) in [6.45, 7) is 5.91. The number of nitrogens with zero attached hydrogens (tertiary/aromatic N) is 1. The topological polar surface area (TPSA) is 29.5 Å². The molecule has 1 heterocycles. The van der Waals surface area contributed by atoms with Gasteiger partial charge in [-0.25, -0.2) is 0 Å². The number of fused-ring (bicyclic) bond motifs is 1. The summed E-state index contributed by atoms with van der Waals surface area (Å²) in [5.41, 5.74) is 1.90. The van der Waals surface area contributed by atoms with Crippen molar-refractivity contribution in [2.75, 3.05) is 19.7 Å². The zero-order valence-corrected chi connectivity index (χ0v) is 14.8. The van der Waals surface area contributed by atoms with Gasteiger partial charge in [0.2, 0.25) is 0 Å². The van der Waals surface area contributed by atoms with Gasteiger partial charge in [-0.05, 0) is 58.2 Å². The van der Waals surface area contributed by atoms with Crippen LogP contribution in [0.2, 0.25) is 0 Å². The molecule has 7 heteroatoms. The SMILES string of the molecule is C=CCOc1cc2c(cc1I)C(C)CN(C(=O)C(F)(F)F)CC2. The Morgan fingerprint density at radius 2 is 2.22 bits per heavy atom. The van der Waals surface area contributed by atoms with Crippen molar-refractivity contribution in [3.8, 4) is 5.75 Å². The van der Waals surface area contributed by atoms with Crippen LogP contribution in [0, 0.1) is 3.57 Å². The van der Waals surface area contributed by atoms with Crippen molar-refractivity contribution >= 4 is 28.5 Å². The Morgan fingerprint density at radius 1 is 1.52 bits per heavy atom. The molecule has 0 aromatic heterocycles. The Hall–Kier alpha value is -1.25. The summed E-state index contributed by atoms with van der Waals surface area (Å²) in [5, 5.41) is 0. The fraction of sp³-hybridized carbons (Fsp3) is 0.438. The van der Waals surface area contributed by atoms with Gasteiger partial charge in [-0.15, -0.1) is 0 Å². The molecule has 0 saturated heterocycles. The van der Waals surface area contributed by atoms with Crippen molar-refractivity contribution < 1.29 is 22.7 Å². The first-order valence-corrected chi connectivity index (χ1v) is 8.24. The van der Waals surface area contributed by atoms with Crippen LogP contribution < -0.4 is 4.74 Å². The van der Waals surface area contributed by atoms with E-state index in [0.717, 1.165) is 19.6 Å². The minimum atomic E-state index is -4.83. The summed E-state index contributed by atoms with van der Waals surface area (Å²) in [4.78, 5) is 12.4. The molecule has 0 bridgehead atoms. The lowest BCUT2D eigenvalue weighted by molar-refractivity contribution is -0.185. The number of carbonyl (C=O) groups excluding carboxylic acids is 1. The fourth-order valence-electron chi connectivity index (χ4n) is 2.68. The van der Waals surface area contributed by atoms with Crippen molar-refractivity contribution in [1.82, 2.24) is 4.90 Å². The maximum atomic E-state index is 12.7. The summed E-state index contributed by atoms with van der Waals surface area (Å²) in [7, 11) is 0. The van der Waals surface area contributed by atoms with Gasteiger partial charge < -0.3 is 9.64 Å². The van der Waals surface area contributed by atoms with Crippen LogP contribution in [0.15, 0.2) is 24.8 Å². The Morgan fingerprint density at radius 3 is 2.83 bits per heavy atom. The van der Waals surface area contributed by atoms with E-state index in [-0.39, 0.29) is 19.0 Å². The third-order valence-electron chi connectivity index (χ3n) is 3.76. The number of alkyl halides is 3. The first-order valence-electron chi connectivity index (χ1n) is 7.16. The van der Waals surface area contributed by atoms with Crippen LogP contribution in [0.4, 0.5) is 13.2 Å². The molecule has 0 saturated carbocycles. The second-order valence-electron chi connectivity index (χ2n) is 5.48. The fourth-order valence-corrected chi connectivity index (χ4v) is 3.33. The number of carbonyl (C=O) groups is 1. The van der Waals surface area contributed by atoms with Gasteiger partial charge in [0.05, 0.1) is 3.57 Å².